The molecule has 0 heterocycles. The van der Waals surface area contributed by atoms with Gasteiger partial charge in [-0.15, -0.1) is 0 Å². The second kappa shape index (κ2) is 5.57. The van der Waals surface area contributed by atoms with Crippen LogP contribution >= 0.6 is 11.6 Å². The van der Waals surface area contributed by atoms with Gasteiger partial charge in [-0.2, -0.15) is 5.26 Å². The van der Waals surface area contributed by atoms with Crippen LogP contribution in [0.2, 0.25) is 5.02 Å². The van der Waals surface area contributed by atoms with Crippen LogP contribution in [0.4, 0.5) is 5.69 Å². The van der Waals surface area contributed by atoms with Crippen LogP contribution in [0.25, 0.3) is 0 Å². The third-order valence-electron chi connectivity index (χ3n) is 2.66. The quantitative estimate of drug-likeness (QED) is 0.896. The van der Waals surface area contributed by atoms with Crippen molar-refractivity contribution >= 4 is 17.3 Å². The largest absolute Gasteiger partial charge is 0.380 e. The third-order valence-corrected chi connectivity index (χ3v) is 2.98. The summed E-state index contributed by atoms with van der Waals surface area (Å²) in [7, 11) is 0. The molecule has 0 fully saturated rings. The Hall–Kier alpha value is -1.98. The van der Waals surface area contributed by atoms with E-state index in [1.807, 2.05) is 12.1 Å². The molecular formula is C15H13ClN2. The minimum atomic E-state index is 0.570. The monoisotopic (exact) mass is 256 g/mol. The highest BCUT2D eigenvalue weighted by atomic mass is 35.5. The third kappa shape index (κ3) is 3.03. The summed E-state index contributed by atoms with van der Waals surface area (Å²) in [6.07, 6.45) is 0. The lowest BCUT2D eigenvalue weighted by Crippen LogP contribution is -2.00. The first kappa shape index (κ1) is 12.5. The Morgan fingerprint density at radius 2 is 2.06 bits per heavy atom. The van der Waals surface area contributed by atoms with Gasteiger partial charge in [0.2, 0.25) is 0 Å². The van der Waals surface area contributed by atoms with Crippen LogP contribution < -0.4 is 5.32 Å². The summed E-state index contributed by atoms with van der Waals surface area (Å²) in [5, 5.41) is 12.6. The molecule has 2 rings (SSSR count). The standard InChI is InChI=1S/C15H13ClN2/c1-11-3-2-4-13(7-11)10-18-15-6-5-12(9-17)8-14(15)16/h2-8,18H,10H2,1H3. The lowest BCUT2D eigenvalue weighted by Gasteiger charge is -2.09. The summed E-state index contributed by atoms with van der Waals surface area (Å²) in [4.78, 5) is 0. The molecule has 0 atom stereocenters. The van der Waals surface area contributed by atoms with Crippen molar-refractivity contribution in [1.82, 2.24) is 0 Å². The van der Waals surface area contributed by atoms with E-state index in [2.05, 4.69) is 36.5 Å². The van der Waals surface area contributed by atoms with Gasteiger partial charge in [0, 0.05) is 6.54 Å². The number of rotatable bonds is 3. The number of aryl methyl sites for hydroxylation is 1. The topological polar surface area (TPSA) is 35.8 Å². The average molecular weight is 257 g/mol. The van der Waals surface area contributed by atoms with Gasteiger partial charge in [0.15, 0.2) is 0 Å². The van der Waals surface area contributed by atoms with Crippen LogP contribution in [0.15, 0.2) is 42.5 Å². The van der Waals surface area contributed by atoms with E-state index in [1.54, 1.807) is 12.1 Å². The normalized spacial score (nSPS) is 9.83. The van der Waals surface area contributed by atoms with E-state index in [-0.39, 0.29) is 0 Å². The minimum Gasteiger partial charge on any atom is -0.380 e. The first-order valence-corrected chi connectivity index (χ1v) is 6.06. The van der Waals surface area contributed by atoms with Gasteiger partial charge in [-0.3, -0.25) is 0 Å². The molecule has 0 aliphatic rings. The zero-order chi connectivity index (χ0) is 13.0. The number of hydrogen-bond acceptors (Lipinski definition) is 2. The predicted molar refractivity (Wildman–Crippen MR) is 74.7 cm³/mol. The first-order valence-electron chi connectivity index (χ1n) is 5.68. The Morgan fingerprint density at radius 3 is 2.72 bits per heavy atom. The molecule has 0 aliphatic heterocycles. The van der Waals surface area contributed by atoms with Gasteiger partial charge >= 0.3 is 0 Å². The fourth-order valence-corrected chi connectivity index (χ4v) is 1.99. The van der Waals surface area contributed by atoms with Gasteiger partial charge in [-0.05, 0) is 30.7 Å². The van der Waals surface area contributed by atoms with E-state index < -0.39 is 0 Å². The zero-order valence-electron chi connectivity index (χ0n) is 10.1. The van der Waals surface area contributed by atoms with Crippen LogP contribution in [0.3, 0.4) is 0 Å². The highest BCUT2D eigenvalue weighted by molar-refractivity contribution is 6.33. The van der Waals surface area contributed by atoms with Crippen LogP contribution in [-0.4, -0.2) is 0 Å². The summed E-state index contributed by atoms with van der Waals surface area (Å²) in [6.45, 7) is 2.78. The molecule has 0 aromatic heterocycles. The number of halogens is 1. The van der Waals surface area contributed by atoms with Gasteiger partial charge in [0.25, 0.3) is 0 Å². The van der Waals surface area contributed by atoms with E-state index in [4.69, 9.17) is 16.9 Å². The van der Waals surface area contributed by atoms with Crippen LogP contribution in [0.1, 0.15) is 16.7 Å². The SMILES string of the molecule is Cc1cccc(CNc2ccc(C#N)cc2Cl)c1. The summed E-state index contributed by atoms with van der Waals surface area (Å²) in [5.74, 6) is 0. The molecule has 3 heteroatoms. The summed E-state index contributed by atoms with van der Waals surface area (Å²) in [5.41, 5.74) is 3.86. The average Bonchev–Trinajstić information content (AvgIpc) is 2.37. The van der Waals surface area contributed by atoms with Crippen molar-refractivity contribution in [2.75, 3.05) is 5.32 Å². The molecule has 1 N–H and O–H groups in total. The first-order chi connectivity index (χ1) is 8.69. The van der Waals surface area contributed by atoms with Gasteiger partial charge in [0.05, 0.1) is 22.3 Å². The Kier molecular flexibility index (Phi) is 3.86. The highest BCUT2D eigenvalue weighted by Gasteiger charge is 2.01. The Morgan fingerprint density at radius 1 is 1.22 bits per heavy atom. The van der Waals surface area contributed by atoms with Crippen LogP contribution in [-0.2, 0) is 6.54 Å². The van der Waals surface area contributed by atoms with Crippen molar-refractivity contribution in [3.63, 3.8) is 0 Å². The van der Waals surface area contributed by atoms with Gasteiger partial charge in [-0.25, -0.2) is 0 Å². The summed E-state index contributed by atoms with van der Waals surface area (Å²) < 4.78 is 0. The zero-order valence-corrected chi connectivity index (χ0v) is 10.8. The molecule has 2 aromatic rings. The van der Waals surface area contributed by atoms with E-state index >= 15 is 0 Å². The molecule has 0 saturated heterocycles. The van der Waals surface area contributed by atoms with E-state index in [1.165, 1.54) is 11.1 Å². The maximum absolute atomic E-state index is 8.76. The molecule has 2 nitrogen and oxygen atoms in total. The highest BCUT2D eigenvalue weighted by Crippen LogP contribution is 2.23. The number of anilines is 1. The molecule has 0 spiro atoms. The van der Waals surface area contributed by atoms with Crippen molar-refractivity contribution < 1.29 is 0 Å². The van der Waals surface area contributed by atoms with Crippen molar-refractivity contribution in [2.24, 2.45) is 0 Å². The molecule has 18 heavy (non-hydrogen) atoms. The Labute approximate surface area is 112 Å². The van der Waals surface area contributed by atoms with Crippen LogP contribution in [0, 0.1) is 18.3 Å². The number of hydrogen-bond donors (Lipinski definition) is 1. The summed E-state index contributed by atoms with van der Waals surface area (Å²) >= 11 is 6.09. The molecule has 0 aliphatic carbocycles. The molecule has 0 bridgehead atoms. The van der Waals surface area contributed by atoms with Gasteiger partial charge < -0.3 is 5.32 Å². The Balaban J connectivity index is 2.09. The second-order valence-corrected chi connectivity index (χ2v) is 4.56. The predicted octanol–water partition coefficient (Wildman–Crippen LogP) is 4.13. The lowest BCUT2D eigenvalue weighted by atomic mass is 10.1. The molecule has 90 valence electrons. The molecular weight excluding hydrogens is 244 g/mol. The van der Waals surface area contributed by atoms with Gasteiger partial charge in [-0.1, -0.05) is 41.4 Å². The number of nitrogens with one attached hydrogen (secondary N) is 1. The molecule has 0 unspecified atom stereocenters. The maximum Gasteiger partial charge on any atom is 0.0992 e. The summed E-state index contributed by atoms with van der Waals surface area (Å²) in [6, 6.07) is 15.6. The minimum absolute atomic E-state index is 0.570. The van der Waals surface area contributed by atoms with E-state index in [9.17, 15) is 0 Å². The van der Waals surface area contributed by atoms with Crippen molar-refractivity contribution in [1.29, 1.82) is 5.26 Å². The Bertz CT molecular complexity index is 600. The van der Waals surface area contributed by atoms with Crippen molar-refractivity contribution in [3.05, 3.63) is 64.2 Å². The van der Waals surface area contributed by atoms with Crippen LogP contribution in [0.5, 0.6) is 0 Å². The second-order valence-electron chi connectivity index (χ2n) is 4.15. The van der Waals surface area contributed by atoms with Crippen molar-refractivity contribution in [3.8, 4) is 6.07 Å². The number of nitrogens with zero attached hydrogens (tertiary/aromatic N) is 1. The smallest absolute Gasteiger partial charge is 0.0992 e. The fourth-order valence-electron chi connectivity index (χ4n) is 1.75. The van der Waals surface area contributed by atoms with E-state index in [0.717, 1.165) is 5.69 Å². The van der Waals surface area contributed by atoms with Crippen molar-refractivity contribution in [2.45, 2.75) is 13.5 Å². The maximum atomic E-state index is 8.76. The lowest BCUT2D eigenvalue weighted by molar-refractivity contribution is 1.14. The van der Waals surface area contributed by atoms with E-state index in [0.29, 0.717) is 17.1 Å². The molecule has 2 aromatic carbocycles. The molecule has 0 amide bonds. The molecule has 0 saturated carbocycles. The van der Waals surface area contributed by atoms with Gasteiger partial charge in [0.1, 0.15) is 0 Å². The fraction of sp³-hybridized carbons (Fsp3) is 0.133. The molecule has 0 radical (unpaired) electrons. The number of benzene rings is 2. The number of nitriles is 1.